The Hall–Kier alpha value is -2.21. The summed E-state index contributed by atoms with van der Waals surface area (Å²) < 4.78 is 0. The lowest BCUT2D eigenvalue weighted by molar-refractivity contribution is -0.132. The maximum absolute atomic E-state index is 11.2. The molecule has 2 aromatic heterocycles. The lowest BCUT2D eigenvalue weighted by Gasteiger charge is -2.25. The molecular formula is C13H11N3O2S. The first-order valence-electron chi connectivity index (χ1n) is 5.74. The number of aliphatic carboxylic acids is 1. The Morgan fingerprint density at radius 1 is 1.47 bits per heavy atom. The number of pyridine rings is 1. The minimum absolute atomic E-state index is 0.341. The van der Waals surface area contributed by atoms with Crippen LogP contribution in [0.2, 0.25) is 0 Å². The smallest absolute Gasteiger partial charge is 0.333 e. The predicted molar refractivity (Wildman–Crippen MR) is 72.6 cm³/mol. The lowest BCUT2D eigenvalue weighted by Crippen LogP contribution is -2.21. The van der Waals surface area contributed by atoms with Crippen LogP contribution in [0.3, 0.4) is 0 Å². The van der Waals surface area contributed by atoms with Crippen LogP contribution in [-0.4, -0.2) is 21.0 Å². The molecule has 2 aromatic rings. The van der Waals surface area contributed by atoms with Crippen molar-refractivity contribution in [1.29, 1.82) is 0 Å². The average Bonchev–Trinajstić information content (AvgIpc) is 2.91. The fraction of sp³-hybridized carbons (Fsp3) is 0.154. The topological polar surface area (TPSA) is 66.3 Å². The fourth-order valence-electron chi connectivity index (χ4n) is 2.00. The molecule has 0 unspecified atom stereocenters. The summed E-state index contributed by atoms with van der Waals surface area (Å²) in [5.41, 5.74) is 2.14. The number of carbonyl (C=O) groups is 1. The van der Waals surface area contributed by atoms with Crippen molar-refractivity contribution in [2.45, 2.75) is 13.3 Å². The Morgan fingerprint density at radius 3 is 3.00 bits per heavy atom. The lowest BCUT2D eigenvalue weighted by atomic mass is 10.0. The third-order valence-corrected chi connectivity index (χ3v) is 3.66. The minimum atomic E-state index is -0.909. The second-order valence-electron chi connectivity index (χ2n) is 4.26. The van der Waals surface area contributed by atoms with Gasteiger partial charge in [0, 0.05) is 35.5 Å². The molecule has 0 saturated carbocycles. The van der Waals surface area contributed by atoms with Crippen LogP contribution < -0.4 is 4.90 Å². The summed E-state index contributed by atoms with van der Waals surface area (Å²) in [6.45, 7) is 1.91. The molecule has 6 heteroatoms. The van der Waals surface area contributed by atoms with Crippen LogP contribution in [0.1, 0.15) is 11.3 Å². The third kappa shape index (κ3) is 2.10. The van der Waals surface area contributed by atoms with E-state index in [0.29, 0.717) is 12.0 Å². The van der Waals surface area contributed by atoms with Crippen LogP contribution in [0.5, 0.6) is 0 Å². The van der Waals surface area contributed by atoms with E-state index in [2.05, 4.69) is 9.97 Å². The summed E-state index contributed by atoms with van der Waals surface area (Å²) in [5.74, 6) is -0.146. The van der Waals surface area contributed by atoms with Gasteiger partial charge in [-0.15, -0.1) is 11.3 Å². The van der Waals surface area contributed by atoms with Crippen molar-refractivity contribution < 1.29 is 9.90 Å². The number of rotatable bonds is 2. The number of fused-ring (bicyclic) bond motifs is 1. The fourth-order valence-corrected chi connectivity index (χ4v) is 2.62. The first-order valence-corrected chi connectivity index (χ1v) is 6.62. The second-order valence-corrected chi connectivity index (χ2v) is 5.13. The first kappa shape index (κ1) is 11.9. The van der Waals surface area contributed by atoms with Gasteiger partial charge in [0.05, 0.1) is 5.57 Å². The quantitative estimate of drug-likeness (QED) is 0.910. The number of aromatic nitrogens is 2. The third-order valence-electron chi connectivity index (χ3n) is 2.89. The average molecular weight is 273 g/mol. The Labute approximate surface area is 113 Å². The normalized spacial score (nSPS) is 13.9. The van der Waals surface area contributed by atoms with Crippen molar-refractivity contribution in [2.75, 3.05) is 4.90 Å². The van der Waals surface area contributed by atoms with Crippen molar-refractivity contribution in [2.24, 2.45) is 0 Å². The predicted octanol–water partition coefficient (Wildman–Crippen LogP) is 2.51. The number of thiazole rings is 1. The molecule has 1 aliphatic rings. The van der Waals surface area contributed by atoms with Crippen LogP contribution >= 0.6 is 11.3 Å². The molecule has 0 saturated heterocycles. The summed E-state index contributed by atoms with van der Waals surface area (Å²) in [6.07, 6.45) is 3.69. The summed E-state index contributed by atoms with van der Waals surface area (Å²) >= 11 is 1.45. The highest BCUT2D eigenvalue weighted by Crippen LogP contribution is 2.34. The molecule has 0 aliphatic carbocycles. The van der Waals surface area contributed by atoms with Crippen LogP contribution in [0.15, 0.2) is 35.5 Å². The van der Waals surface area contributed by atoms with E-state index in [1.54, 1.807) is 17.3 Å². The SMILES string of the molecule is Cc1ccc2c(n1)N(c1nccs1)C=C(C(=O)O)C2. The van der Waals surface area contributed by atoms with Gasteiger partial charge in [-0.05, 0) is 13.0 Å². The summed E-state index contributed by atoms with van der Waals surface area (Å²) in [4.78, 5) is 21.7. The van der Waals surface area contributed by atoms with Gasteiger partial charge >= 0.3 is 5.97 Å². The van der Waals surface area contributed by atoms with Crippen molar-refractivity contribution in [3.63, 3.8) is 0 Å². The first-order chi connectivity index (χ1) is 9.15. The van der Waals surface area contributed by atoms with Gasteiger partial charge < -0.3 is 5.11 Å². The van der Waals surface area contributed by atoms with Gasteiger partial charge in [-0.25, -0.2) is 14.8 Å². The van der Waals surface area contributed by atoms with E-state index in [1.807, 2.05) is 24.4 Å². The van der Waals surface area contributed by atoms with Crippen molar-refractivity contribution in [3.05, 3.63) is 46.7 Å². The van der Waals surface area contributed by atoms with E-state index < -0.39 is 5.97 Å². The van der Waals surface area contributed by atoms with Crippen molar-refractivity contribution >= 4 is 28.3 Å². The highest BCUT2D eigenvalue weighted by atomic mass is 32.1. The van der Waals surface area contributed by atoms with Gasteiger partial charge in [0.25, 0.3) is 0 Å². The summed E-state index contributed by atoms with van der Waals surface area (Å²) in [7, 11) is 0. The summed E-state index contributed by atoms with van der Waals surface area (Å²) in [5, 5.41) is 11.8. The van der Waals surface area contributed by atoms with E-state index in [-0.39, 0.29) is 0 Å². The number of hydrogen-bond donors (Lipinski definition) is 1. The number of carboxylic acid groups (broad SMARTS) is 1. The maximum atomic E-state index is 11.2. The molecule has 1 aliphatic heterocycles. The van der Waals surface area contributed by atoms with Crippen molar-refractivity contribution in [1.82, 2.24) is 9.97 Å². The van der Waals surface area contributed by atoms with Gasteiger partial charge in [-0.3, -0.25) is 4.90 Å². The van der Waals surface area contributed by atoms with E-state index in [9.17, 15) is 9.90 Å². The van der Waals surface area contributed by atoms with E-state index in [1.165, 1.54) is 11.3 Å². The Bertz CT molecular complexity index is 665. The number of hydrogen-bond acceptors (Lipinski definition) is 5. The van der Waals surface area contributed by atoms with Gasteiger partial charge in [0.1, 0.15) is 5.82 Å². The minimum Gasteiger partial charge on any atom is -0.478 e. The molecule has 3 rings (SSSR count). The number of carboxylic acids is 1. The van der Waals surface area contributed by atoms with Gasteiger partial charge in [0.2, 0.25) is 0 Å². The zero-order chi connectivity index (χ0) is 13.4. The standard InChI is InChI=1S/C13H11N3O2S/c1-8-2-3-9-6-10(12(17)18)7-16(11(9)15-8)13-14-4-5-19-13/h2-5,7H,6H2,1H3,(H,17,18). The van der Waals surface area contributed by atoms with Gasteiger partial charge in [-0.1, -0.05) is 6.07 Å². The zero-order valence-corrected chi connectivity index (χ0v) is 11.0. The molecule has 1 N–H and O–H groups in total. The van der Waals surface area contributed by atoms with Crippen LogP contribution in [0.4, 0.5) is 10.9 Å². The van der Waals surface area contributed by atoms with E-state index in [0.717, 1.165) is 22.2 Å². The molecule has 3 heterocycles. The molecule has 0 amide bonds. The molecule has 0 atom stereocenters. The highest BCUT2D eigenvalue weighted by molar-refractivity contribution is 7.13. The molecule has 5 nitrogen and oxygen atoms in total. The Morgan fingerprint density at radius 2 is 2.32 bits per heavy atom. The zero-order valence-electron chi connectivity index (χ0n) is 10.2. The summed E-state index contributed by atoms with van der Waals surface area (Å²) in [6, 6.07) is 3.82. The van der Waals surface area contributed by atoms with Crippen LogP contribution in [0.25, 0.3) is 0 Å². The molecular weight excluding hydrogens is 262 g/mol. The second kappa shape index (κ2) is 4.47. The maximum Gasteiger partial charge on any atom is 0.333 e. The van der Waals surface area contributed by atoms with Crippen molar-refractivity contribution in [3.8, 4) is 0 Å². The van der Waals surface area contributed by atoms with Gasteiger partial charge in [-0.2, -0.15) is 0 Å². The number of anilines is 2. The molecule has 0 fully saturated rings. The molecule has 0 aromatic carbocycles. The molecule has 19 heavy (non-hydrogen) atoms. The molecule has 0 spiro atoms. The van der Waals surface area contributed by atoms with E-state index >= 15 is 0 Å². The molecule has 96 valence electrons. The molecule has 0 radical (unpaired) electrons. The van der Waals surface area contributed by atoms with Gasteiger partial charge in [0.15, 0.2) is 5.13 Å². The highest BCUT2D eigenvalue weighted by Gasteiger charge is 2.24. The Balaban J connectivity index is 2.15. The largest absolute Gasteiger partial charge is 0.478 e. The van der Waals surface area contributed by atoms with Crippen LogP contribution in [-0.2, 0) is 11.2 Å². The number of nitrogens with zero attached hydrogens (tertiary/aromatic N) is 3. The van der Waals surface area contributed by atoms with E-state index in [4.69, 9.17) is 0 Å². The van der Waals surface area contributed by atoms with Crippen LogP contribution in [0, 0.1) is 6.92 Å². The number of aryl methyl sites for hydroxylation is 1. The molecule has 0 bridgehead atoms. The Kier molecular flexibility index (Phi) is 2.79. The monoisotopic (exact) mass is 273 g/mol.